The van der Waals surface area contributed by atoms with E-state index in [1.165, 1.54) is 12.1 Å². The minimum atomic E-state index is -3.65. The maximum Gasteiger partial charge on any atom is 0.240 e. The number of rotatable bonds is 8. The number of carbonyl (C=O) groups excluding carboxylic acids is 1. The van der Waals surface area contributed by atoms with Gasteiger partial charge in [-0.2, -0.15) is 0 Å². The van der Waals surface area contributed by atoms with Crippen molar-refractivity contribution in [1.82, 2.24) is 9.71 Å². The van der Waals surface area contributed by atoms with E-state index in [1.54, 1.807) is 60.9 Å². The first-order valence-electron chi connectivity index (χ1n) is 8.65. The molecule has 0 unspecified atom stereocenters. The number of pyridine rings is 1. The molecule has 0 bridgehead atoms. The number of anilines is 1. The fourth-order valence-corrected chi connectivity index (χ4v) is 3.66. The molecule has 150 valence electrons. The quantitative estimate of drug-likeness (QED) is 0.513. The van der Waals surface area contributed by atoms with Crippen LogP contribution in [0.5, 0.6) is 11.5 Å². The summed E-state index contributed by atoms with van der Waals surface area (Å²) < 4.78 is 33.3. The van der Waals surface area contributed by atoms with Crippen LogP contribution in [0.3, 0.4) is 0 Å². The summed E-state index contributed by atoms with van der Waals surface area (Å²) in [6.07, 6.45) is 3.27. The zero-order valence-electron chi connectivity index (χ0n) is 15.2. The zero-order chi connectivity index (χ0) is 20.7. The zero-order valence-corrected chi connectivity index (χ0v) is 17.6. The molecule has 0 spiro atoms. The summed E-state index contributed by atoms with van der Waals surface area (Å²) in [4.78, 5) is 16.1. The van der Waals surface area contributed by atoms with Gasteiger partial charge < -0.3 is 10.1 Å². The van der Waals surface area contributed by atoms with Gasteiger partial charge in [-0.25, -0.2) is 13.1 Å². The van der Waals surface area contributed by atoms with Crippen molar-refractivity contribution < 1.29 is 17.9 Å². The molecule has 7 nitrogen and oxygen atoms in total. The average molecular weight is 476 g/mol. The normalized spacial score (nSPS) is 11.1. The molecule has 1 aromatic heterocycles. The third-order valence-corrected chi connectivity index (χ3v) is 5.80. The summed E-state index contributed by atoms with van der Waals surface area (Å²) in [6, 6.07) is 16.6. The van der Waals surface area contributed by atoms with Crippen molar-refractivity contribution in [2.75, 3.05) is 11.9 Å². The van der Waals surface area contributed by atoms with Crippen LogP contribution < -0.4 is 14.8 Å². The molecule has 3 aromatic rings. The fourth-order valence-electron chi connectivity index (χ4n) is 2.37. The van der Waals surface area contributed by atoms with E-state index >= 15 is 0 Å². The highest BCUT2D eigenvalue weighted by Gasteiger charge is 2.14. The number of ether oxygens (including phenoxy) is 1. The van der Waals surface area contributed by atoms with Crippen molar-refractivity contribution in [3.8, 4) is 11.5 Å². The third-order valence-electron chi connectivity index (χ3n) is 3.79. The first kappa shape index (κ1) is 21.0. The van der Waals surface area contributed by atoms with Gasteiger partial charge in [0.15, 0.2) is 0 Å². The van der Waals surface area contributed by atoms with E-state index in [-0.39, 0.29) is 23.8 Å². The molecule has 0 saturated heterocycles. The lowest BCUT2D eigenvalue weighted by molar-refractivity contribution is -0.116. The molecular formula is C20H18BrN3O4S. The van der Waals surface area contributed by atoms with Crippen molar-refractivity contribution >= 4 is 37.5 Å². The van der Waals surface area contributed by atoms with E-state index in [4.69, 9.17) is 4.74 Å². The standard InChI is InChI=1S/C20H18BrN3O4S/c21-15-1-7-19(8-2-15)29(26,27)23-14-11-20(25)24-16-3-5-17(6-4-16)28-18-9-12-22-13-10-18/h1-10,12-13,23H,11,14H2,(H,24,25). The predicted molar refractivity (Wildman–Crippen MR) is 113 cm³/mol. The highest BCUT2D eigenvalue weighted by Crippen LogP contribution is 2.22. The highest BCUT2D eigenvalue weighted by atomic mass is 79.9. The number of halogens is 1. The number of aromatic nitrogens is 1. The number of sulfonamides is 1. The Morgan fingerprint density at radius 1 is 0.931 bits per heavy atom. The van der Waals surface area contributed by atoms with Gasteiger partial charge in [0.1, 0.15) is 11.5 Å². The van der Waals surface area contributed by atoms with Gasteiger partial charge in [-0.3, -0.25) is 9.78 Å². The van der Waals surface area contributed by atoms with Crippen LogP contribution in [0.25, 0.3) is 0 Å². The topological polar surface area (TPSA) is 97.4 Å². The van der Waals surface area contributed by atoms with Crippen LogP contribution in [0.2, 0.25) is 0 Å². The van der Waals surface area contributed by atoms with Crippen molar-refractivity contribution in [2.24, 2.45) is 0 Å². The van der Waals surface area contributed by atoms with Crippen LogP contribution in [0, 0.1) is 0 Å². The number of nitrogens with one attached hydrogen (secondary N) is 2. The molecule has 0 saturated carbocycles. The number of nitrogens with zero attached hydrogens (tertiary/aromatic N) is 1. The van der Waals surface area contributed by atoms with Gasteiger partial charge in [-0.1, -0.05) is 15.9 Å². The second kappa shape index (κ2) is 9.64. The number of hydrogen-bond donors (Lipinski definition) is 2. The van der Waals surface area contributed by atoms with Crippen molar-refractivity contribution in [1.29, 1.82) is 0 Å². The van der Waals surface area contributed by atoms with Crippen LogP contribution in [-0.4, -0.2) is 25.9 Å². The molecule has 0 aliphatic heterocycles. The van der Waals surface area contributed by atoms with E-state index in [0.29, 0.717) is 17.2 Å². The van der Waals surface area contributed by atoms with Gasteiger partial charge in [0, 0.05) is 35.5 Å². The van der Waals surface area contributed by atoms with E-state index < -0.39 is 10.0 Å². The molecule has 0 aliphatic carbocycles. The third kappa shape index (κ3) is 6.38. The maximum absolute atomic E-state index is 12.2. The first-order chi connectivity index (χ1) is 13.9. The minimum Gasteiger partial charge on any atom is -0.457 e. The van der Waals surface area contributed by atoms with Gasteiger partial charge >= 0.3 is 0 Å². The summed E-state index contributed by atoms with van der Waals surface area (Å²) >= 11 is 3.26. The Hall–Kier alpha value is -2.75. The smallest absolute Gasteiger partial charge is 0.240 e. The van der Waals surface area contributed by atoms with Crippen LogP contribution in [0.15, 0.2) is 82.4 Å². The maximum atomic E-state index is 12.2. The van der Waals surface area contributed by atoms with Crippen LogP contribution in [-0.2, 0) is 14.8 Å². The van der Waals surface area contributed by atoms with Crippen LogP contribution >= 0.6 is 15.9 Å². The Kier molecular flexibility index (Phi) is 6.97. The van der Waals surface area contributed by atoms with Crippen LogP contribution in [0.4, 0.5) is 5.69 Å². The molecule has 1 heterocycles. The summed E-state index contributed by atoms with van der Waals surface area (Å²) in [7, 11) is -3.65. The van der Waals surface area contributed by atoms with Gasteiger partial charge in [-0.15, -0.1) is 0 Å². The van der Waals surface area contributed by atoms with E-state index in [2.05, 4.69) is 31.0 Å². The lowest BCUT2D eigenvalue weighted by Gasteiger charge is -2.09. The highest BCUT2D eigenvalue weighted by molar-refractivity contribution is 9.10. The van der Waals surface area contributed by atoms with E-state index in [1.807, 2.05) is 0 Å². The molecule has 3 rings (SSSR count). The Morgan fingerprint density at radius 2 is 1.55 bits per heavy atom. The molecule has 0 fully saturated rings. The largest absolute Gasteiger partial charge is 0.457 e. The minimum absolute atomic E-state index is 0.00498. The molecule has 29 heavy (non-hydrogen) atoms. The van der Waals surface area contributed by atoms with Crippen molar-refractivity contribution in [3.05, 3.63) is 77.5 Å². The second-order valence-electron chi connectivity index (χ2n) is 5.96. The average Bonchev–Trinajstić information content (AvgIpc) is 2.70. The van der Waals surface area contributed by atoms with E-state index in [9.17, 15) is 13.2 Å². The van der Waals surface area contributed by atoms with Gasteiger partial charge in [0.05, 0.1) is 4.90 Å². The monoisotopic (exact) mass is 475 g/mol. The second-order valence-corrected chi connectivity index (χ2v) is 8.64. The Labute approximate surface area is 177 Å². The molecule has 0 radical (unpaired) electrons. The number of carbonyl (C=O) groups is 1. The number of amides is 1. The summed E-state index contributed by atoms with van der Waals surface area (Å²) in [5.41, 5.74) is 0.591. The summed E-state index contributed by atoms with van der Waals surface area (Å²) in [5.74, 6) is 0.984. The lowest BCUT2D eigenvalue weighted by Crippen LogP contribution is -2.27. The molecule has 9 heteroatoms. The van der Waals surface area contributed by atoms with Gasteiger partial charge in [0.2, 0.25) is 15.9 Å². The Morgan fingerprint density at radius 3 is 2.21 bits per heavy atom. The molecule has 2 N–H and O–H groups in total. The number of benzene rings is 2. The van der Waals surface area contributed by atoms with Gasteiger partial charge in [-0.05, 0) is 60.7 Å². The molecule has 0 atom stereocenters. The number of hydrogen-bond acceptors (Lipinski definition) is 5. The summed E-state index contributed by atoms with van der Waals surface area (Å²) in [6.45, 7) is -0.00648. The Balaban J connectivity index is 1.47. The van der Waals surface area contributed by atoms with Crippen LogP contribution in [0.1, 0.15) is 6.42 Å². The van der Waals surface area contributed by atoms with Gasteiger partial charge in [0.25, 0.3) is 0 Å². The molecular weight excluding hydrogens is 458 g/mol. The molecule has 0 aliphatic rings. The predicted octanol–water partition coefficient (Wildman–Crippen LogP) is 3.94. The van der Waals surface area contributed by atoms with Crippen molar-refractivity contribution in [3.63, 3.8) is 0 Å². The lowest BCUT2D eigenvalue weighted by atomic mass is 10.3. The van der Waals surface area contributed by atoms with E-state index in [0.717, 1.165) is 4.47 Å². The fraction of sp³-hybridized carbons (Fsp3) is 0.100. The first-order valence-corrected chi connectivity index (χ1v) is 10.9. The van der Waals surface area contributed by atoms with Crippen molar-refractivity contribution in [2.45, 2.75) is 11.3 Å². The molecule has 2 aromatic carbocycles. The Bertz CT molecular complexity index is 1060. The molecule has 1 amide bonds. The SMILES string of the molecule is O=C(CCNS(=O)(=O)c1ccc(Br)cc1)Nc1ccc(Oc2ccncc2)cc1. The summed E-state index contributed by atoms with van der Waals surface area (Å²) in [5, 5.41) is 2.72.